The first-order valence-corrected chi connectivity index (χ1v) is 13.4. The fourth-order valence-corrected chi connectivity index (χ4v) is 5.71. The number of nitriles is 1. The van der Waals surface area contributed by atoms with Crippen LogP contribution in [0.1, 0.15) is 21.5 Å². The van der Waals surface area contributed by atoms with E-state index in [0.717, 1.165) is 30.6 Å². The van der Waals surface area contributed by atoms with Crippen molar-refractivity contribution in [2.24, 2.45) is 0 Å². The Labute approximate surface area is 215 Å². The first-order valence-electron chi connectivity index (χ1n) is 11.9. The molecule has 5 rings (SSSR count). The van der Waals surface area contributed by atoms with Crippen LogP contribution >= 0.6 is 0 Å². The molecule has 0 atom stereocenters. The molecule has 1 saturated heterocycles. The SMILES string of the molecule is N#Cc1cccc(CN2CCN(C(=O)c3ccc(NS(=O)(=O)c4cccc5cccnc45)cc3)CC2)c1. The number of fused-ring (bicyclic) bond motifs is 1. The third-order valence-electron chi connectivity index (χ3n) is 6.39. The Morgan fingerprint density at radius 3 is 2.43 bits per heavy atom. The van der Waals surface area contributed by atoms with Crippen LogP contribution < -0.4 is 4.72 Å². The van der Waals surface area contributed by atoms with Crippen LogP contribution in [0.5, 0.6) is 0 Å². The van der Waals surface area contributed by atoms with Crippen molar-refractivity contribution in [3.05, 3.63) is 102 Å². The fraction of sp³-hybridized carbons (Fsp3) is 0.179. The van der Waals surface area contributed by atoms with E-state index >= 15 is 0 Å². The molecule has 37 heavy (non-hydrogen) atoms. The third kappa shape index (κ3) is 5.45. The topological polar surface area (TPSA) is 106 Å². The number of piperazine rings is 1. The van der Waals surface area contributed by atoms with E-state index in [4.69, 9.17) is 5.26 Å². The second-order valence-corrected chi connectivity index (χ2v) is 10.5. The molecule has 0 unspecified atom stereocenters. The first kappa shape index (κ1) is 24.4. The van der Waals surface area contributed by atoms with Gasteiger partial charge in [0, 0.05) is 55.6 Å². The standard InChI is InChI=1S/C28H25N5O3S/c29-19-21-4-1-5-22(18-21)20-32-14-16-33(17-15-32)28(34)24-9-11-25(12-10-24)31-37(35,36)26-8-2-6-23-7-3-13-30-27(23)26/h1-13,18,31H,14-17,20H2. The number of anilines is 1. The second kappa shape index (κ2) is 10.4. The molecule has 4 aromatic rings. The highest BCUT2D eigenvalue weighted by molar-refractivity contribution is 7.93. The predicted octanol–water partition coefficient (Wildman–Crippen LogP) is 3.87. The highest BCUT2D eigenvalue weighted by Gasteiger charge is 2.23. The number of hydrogen-bond donors (Lipinski definition) is 1. The van der Waals surface area contributed by atoms with Crippen LogP contribution in [0, 0.1) is 11.3 Å². The average Bonchev–Trinajstić information content (AvgIpc) is 2.93. The lowest BCUT2D eigenvalue weighted by molar-refractivity contribution is 0.0628. The maximum absolute atomic E-state index is 13.0. The van der Waals surface area contributed by atoms with Gasteiger partial charge in [0.25, 0.3) is 15.9 Å². The van der Waals surface area contributed by atoms with E-state index in [0.29, 0.717) is 35.4 Å². The molecule has 1 N–H and O–H groups in total. The molecule has 3 aromatic carbocycles. The number of carbonyl (C=O) groups is 1. The summed E-state index contributed by atoms with van der Waals surface area (Å²) in [6.07, 6.45) is 1.56. The molecule has 0 spiro atoms. The summed E-state index contributed by atoms with van der Waals surface area (Å²) >= 11 is 0. The Bertz CT molecular complexity index is 1580. The Kier molecular flexibility index (Phi) is 6.86. The van der Waals surface area contributed by atoms with Gasteiger partial charge in [0.15, 0.2) is 0 Å². The van der Waals surface area contributed by atoms with Gasteiger partial charge in [-0.2, -0.15) is 5.26 Å². The summed E-state index contributed by atoms with van der Waals surface area (Å²) in [6.45, 7) is 3.40. The van der Waals surface area contributed by atoms with Gasteiger partial charge in [0.2, 0.25) is 0 Å². The van der Waals surface area contributed by atoms with Crippen molar-refractivity contribution in [1.82, 2.24) is 14.8 Å². The highest BCUT2D eigenvalue weighted by atomic mass is 32.2. The molecule has 8 nitrogen and oxygen atoms in total. The summed E-state index contributed by atoms with van der Waals surface area (Å²) in [5.41, 5.74) is 3.00. The summed E-state index contributed by atoms with van der Waals surface area (Å²) in [6, 6.07) is 24.8. The van der Waals surface area contributed by atoms with Gasteiger partial charge < -0.3 is 4.90 Å². The Morgan fingerprint density at radius 1 is 0.946 bits per heavy atom. The van der Waals surface area contributed by atoms with Crippen LogP contribution in [0.2, 0.25) is 0 Å². The van der Waals surface area contributed by atoms with Crippen molar-refractivity contribution >= 4 is 32.5 Å². The molecule has 9 heteroatoms. The number of nitrogens with zero attached hydrogens (tertiary/aromatic N) is 4. The molecule has 0 aliphatic carbocycles. The minimum absolute atomic E-state index is 0.0845. The van der Waals surface area contributed by atoms with Crippen LogP contribution in [0.25, 0.3) is 10.9 Å². The Morgan fingerprint density at radius 2 is 1.68 bits per heavy atom. The first-order chi connectivity index (χ1) is 17.9. The lowest BCUT2D eigenvalue weighted by Crippen LogP contribution is -2.48. The number of hydrogen-bond acceptors (Lipinski definition) is 6. The highest BCUT2D eigenvalue weighted by Crippen LogP contribution is 2.24. The summed E-state index contributed by atoms with van der Waals surface area (Å²) < 4.78 is 28.7. The van der Waals surface area contributed by atoms with E-state index in [9.17, 15) is 13.2 Å². The average molecular weight is 512 g/mol. The van der Waals surface area contributed by atoms with Gasteiger partial charge >= 0.3 is 0 Å². The van der Waals surface area contributed by atoms with Gasteiger partial charge in [0.05, 0.1) is 17.1 Å². The molecule has 1 amide bonds. The van der Waals surface area contributed by atoms with E-state index in [1.54, 1.807) is 48.7 Å². The van der Waals surface area contributed by atoms with Crippen molar-refractivity contribution < 1.29 is 13.2 Å². The van der Waals surface area contributed by atoms with Crippen LogP contribution in [0.4, 0.5) is 5.69 Å². The second-order valence-electron chi connectivity index (χ2n) is 8.89. The van der Waals surface area contributed by atoms with E-state index < -0.39 is 10.0 Å². The molecule has 2 heterocycles. The molecule has 0 saturated carbocycles. The monoisotopic (exact) mass is 511 g/mol. The van der Waals surface area contributed by atoms with Crippen LogP contribution in [-0.2, 0) is 16.6 Å². The van der Waals surface area contributed by atoms with E-state index in [1.807, 2.05) is 35.2 Å². The zero-order chi connectivity index (χ0) is 25.8. The summed E-state index contributed by atoms with van der Waals surface area (Å²) in [5, 5.41) is 9.83. The van der Waals surface area contributed by atoms with Crippen molar-refractivity contribution in [3.8, 4) is 6.07 Å². The minimum atomic E-state index is -3.86. The number of sulfonamides is 1. The predicted molar refractivity (Wildman–Crippen MR) is 141 cm³/mol. The quantitative estimate of drug-likeness (QED) is 0.421. The minimum Gasteiger partial charge on any atom is -0.336 e. The van der Waals surface area contributed by atoms with E-state index in [-0.39, 0.29) is 10.8 Å². The number of nitrogens with one attached hydrogen (secondary N) is 1. The number of rotatable bonds is 6. The largest absolute Gasteiger partial charge is 0.336 e. The normalized spacial score (nSPS) is 14.3. The van der Waals surface area contributed by atoms with Crippen molar-refractivity contribution in [2.75, 3.05) is 30.9 Å². The lowest BCUT2D eigenvalue weighted by Gasteiger charge is -2.34. The number of aromatic nitrogens is 1. The van der Waals surface area contributed by atoms with E-state index in [1.165, 1.54) is 6.07 Å². The van der Waals surface area contributed by atoms with Gasteiger partial charge in [-0.1, -0.05) is 30.3 Å². The summed E-state index contributed by atoms with van der Waals surface area (Å²) in [4.78, 5) is 21.4. The van der Waals surface area contributed by atoms with Gasteiger partial charge in [-0.3, -0.25) is 19.4 Å². The van der Waals surface area contributed by atoms with Crippen molar-refractivity contribution in [1.29, 1.82) is 5.26 Å². The van der Waals surface area contributed by atoms with Crippen molar-refractivity contribution in [3.63, 3.8) is 0 Å². The smallest absolute Gasteiger partial charge is 0.264 e. The molecular formula is C28H25N5O3S. The fourth-order valence-electron chi connectivity index (χ4n) is 4.47. The van der Waals surface area contributed by atoms with Crippen LogP contribution in [-0.4, -0.2) is 55.3 Å². The summed E-state index contributed by atoms with van der Waals surface area (Å²) in [7, 11) is -3.86. The number of carbonyl (C=O) groups excluding carboxylic acids is 1. The maximum Gasteiger partial charge on any atom is 0.264 e. The van der Waals surface area contributed by atoms with Crippen LogP contribution in [0.3, 0.4) is 0 Å². The van der Waals surface area contributed by atoms with Gasteiger partial charge in [0.1, 0.15) is 4.90 Å². The molecular weight excluding hydrogens is 486 g/mol. The number of para-hydroxylation sites is 1. The molecule has 1 aromatic heterocycles. The molecule has 186 valence electrons. The molecule has 1 aliphatic rings. The molecule has 1 fully saturated rings. The van der Waals surface area contributed by atoms with E-state index in [2.05, 4.69) is 20.7 Å². The zero-order valence-corrected chi connectivity index (χ0v) is 20.9. The van der Waals surface area contributed by atoms with Gasteiger partial charge in [-0.05, 0) is 54.1 Å². The number of amides is 1. The maximum atomic E-state index is 13.0. The Balaban J connectivity index is 1.21. The molecule has 0 bridgehead atoms. The Hall–Kier alpha value is -4.26. The number of pyridine rings is 1. The summed E-state index contributed by atoms with van der Waals surface area (Å²) in [5.74, 6) is -0.0845. The molecule has 1 aliphatic heterocycles. The van der Waals surface area contributed by atoms with Crippen molar-refractivity contribution in [2.45, 2.75) is 11.4 Å². The molecule has 0 radical (unpaired) electrons. The van der Waals surface area contributed by atoms with Gasteiger partial charge in [-0.15, -0.1) is 0 Å². The number of benzene rings is 3. The third-order valence-corrected chi connectivity index (χ3v) is 7.80. The lowest BCUT2D eigenvalue weighted by atomic mass is 10.1. The van der Waals surface area contributed by atoms with Gasteiger partial charge in [-0.25, -0.2) is 8.42 Å². The zero-order valence-electron chi connectivity index (χ0n) is 20.0. The van der Waals surface area contributed by atoms with Crippen LogP contribution in [0.15, 0.2) is 90.0 Å².